The molecule has 5 heteroatoms. The fraction of sp³-hybridized carbons (Fsp3) is 0.562. The number of benzene rings is 1. The third kappa shape index (κ3) is 2.58. The second-order valence-corrected chi connectivity index (χ2v) is 6.01. The summed E-state index contributed by atoms with van der Waals surface area (Å²) in [6, 6.07) is 5.65. The fourth-order valence-electron chi connectivity index (χ4n) is 3.00. The van der Waals surface area contributed by atoms with Crippen molar-refractivity contribution in [2.45, 2.75) is 32.4 Å². The number of piperazine rings is 1. The summed E-state index contributed by atoms with van der Waals surface area (Å²) in [6.45, 7) is 6.93. The highest BCUT2D eigenvalue weighted by atomic mass is 16.5. The van der Waals surface area contributed by atoms with Crippen LogP contribution in [0.3, 0.4) is 0 Å². The molecule has 1 aliphatic heterocycles. The number of likely N-dealkylation sites (N-methyl/N-ethyl adjacent to an activating group) is 1. The number of aliphatic hydroxyl groups excluding tert-OH is 1. The van der Waals surface area contributed by atoms with Crippen molar-refractivity contribution >= 4 is 11.6 Å². The Bertz CT molecular complexity index is 540. The van der Waals surface area contributed by atoms with E-state index < -0.39 is 11.6 Å². The number of rotatable bonds is 3. The first-order valence-corrected chi connectivity index (χ1v) is 7.19. The lowest BCUT2D eigenvalue weighted by Gasteiger charge is -2.47. The third-order valence-corrected chi connectivity index (χ3v) is 4.18. The van der Waals surface area contributed by atoms with E-state index in [1.165, 1.54) is 0 Å². The molecule has 0 aromatic heterocycles. The van der Waals surface area contributed by atoms with E-state index in [-0.39, 0.29) is 5.91 Å². The van der Waals surface area contributed by atoms with Crippen LogP contribution in [-0.2, 0) is 4.79 Å². The predicted octanol–water partition coefficient (Wildman–Crippen LogP) is 1.81. The zero-order chi connectivity index (χ0) is 15.8. The Kier molecular flexibility index (Phi) is 4.14. The lowest BCUT2D eigenvalue weighted by molar-refractivity contribution is -0.136. The molecule has 1 fully saturated rings. The van der Waals surface area contributed by atoms with E-state index in [0.29, 0.717) is 12.3 Å². The molecule has 0 bridgehead atoms. The molecule has 1 atom stereocenters. The first-order chi connectivity index (χ1) is 9.80. The van der Waals surface area contributed by atoms with Crippen LogP contribution in [0.4, 0.5) is 5.69 Å². The molecule has 0 spiro atoms. The number of carbonyl (C=O) groups is 1. The number of ether oxygens (including phenoxy) is 1. The van der Waals surface area contributed by atoms with Crippen LogP contribution in [0.1, 0.15) is 32.4 Å². The van der Waals surface area contributed by atoms with Gasteiger partial charge in [0.1, 0.15) is 11.3 Å². The molecule has 1 aromatic rings. The van der Waals surface area contributed by atoms with Gasteiger partial charge in [-0.1, -0.05) is 6.07 Å². The van der Waals surface area contributed by atoms with E-state index in [9.17, 15) is 9.90 Å². The van der Waals surface area contributed by atoms with E-state index in [1.54, 1.807) is 18.9 Å². The summed E-state index contributed by atoms with van der Waals surface area (Å²) < 4.78 is 5.37. The predicted molar refractivity (Wildman–Crippen MR) is 82.7 cm³/mol. The number of methoxy groups -OCH3 is 1. The summed E-state index contributed by atoms with van der Waals surface area (Å²) in [5.41, 5.74) is 0.935. The highest BCUT2D eigenvalue weighted by Crippen LogP contribution is 2.38. The van der Waals surface area contributed by atoms with Crippen LogP contribution in [0, 0.1) is 0 Å². The number of anilines is 1. The molecule has 0 unspecified atom stereocenters. The highest BCUT2D eigenvalue weighted by molar-refractivity contribution is 5.90. The minimum absolute atomic E-state index is 0.0770. The van der Waals surface area contributed by atoms with Gasteiger partial charge in [0.05, 0.1) is 13.2 Å². The van der Waals surface area contributed by atoms with E-state index in [1.807, 2.05) is 39.1 Å². The fourth-order valence-corrected chi connectivity index (χ4v) is 3.00. The lowest BCUT2D eigenvalue weighted by Crippen LogP contribution is -2.62. The molecule has 21 heavy (non-hydrogen) atoms. The second kappa shape index (κ2) is 5.56. The summed E-state index contributed by atoms with van der Waals surface area (Å²) >= 11 is 0. The van der Waals surface area contributed by atoms with Gasteiger partial charge in [0.2, 0.25) is 5.91 Å². The average Bonchev–Trinajstić information content (AvgIpc) is 2.44. The minimum Gasteiger partial charge on any atom is -0.496 e. The van der Waals surface area contributed by atoms with Crippen LogP contribution in [-0.4, -0.2) is 48.7 Å². The zero-order valence-corrected chi connectivity index (χ0v) is 13.4. The Morgan fingerprint density at radius 3 is 2.57 bits per heavy atom. The number of aliphatic hydroxyl groups is 1. The van der Waals surface area contributed by atoms with Crippen molar-refractivity contribution in [1.82, 2.24) is 4.90 Å². The molecule has 0 saturated carbocycles. The van der Waals surface area contributed by atoms with Gasteiger partial charge >= 0.3 is 0 Å². The van der Waals surface area contributed by atoms with Gasteiger partial charge in [0.25, 0.3) is 0 Å². The van der Waals surface area contributed by atoms with Gasteiger partial charge in [-0.05, 0) is 32.9 Å². The van der Waals surface area contributed by atoms with Gasteiger partial charge in [-0.25, -0.2) is 0 Å². The number of amides is 1. The maximum absolute atomic E-state index is 12.5. The summed E-state index contributed by atoms with van der Waals surface area (Å²) in [6.07, 6.45) is -0.665. The van der Waals surface area contributed by atoms with Crippen LogP contribution in [0.15, 0.2) is 18.2 Å². The molecule has 1 amide bonds. The summed E-state index contributed by atoms with van der Waals surface area (Å²) in [7, 11) is 3.41. The Balaban J connectivity index is 2.54. The van der Waals surface area contributed by atoms with Crippen molar-refractivity contribution in [1.29, 1.82) is 0 Å². The van der Waals surface area contributed by atoms with Gasteiger partial charge in [0.15, 0.2) is 0 Å². The zero-order valence-electron chi connectivity index (χ0n) is 13.4. The molecule has 1 aliphatic rings. The first-order valence-electron chi connectivity index (χ1n) is 7.19. The Labute approximate surface area is 126 Å². The molecule has 2 rings (SSSR count). The molecule has 0 aliphatic carbocycles. The second-order valence-electron chi connectivity index (χ2n) is 6.01. The van der Waals surface area contributed by atoms with E-state index in [4.69, 9.17) is 4.74 Å². The summed E-state index contributed by atoms with van der Waals surface area (Å²) in [5.74, 6) is 0.720. The van der Waals surface area contributed by atoms with Crippen LogP contribution >= 0.6 is 0 Å². The smallest absolute Gasteiger partial charge is 0.247 e. The maximum Gasteiger partial charge on any atom is 0.247 e. The topological polar surface area (TPSA) is 53.0 Å². The Hall–Kier alpha value is -1.75. The van der Waals surface area contributed by atoms with Crippen LogP contribution < -0.4 is 9.64 Å². The summed E-state index contributed by atoms with van der Waals surface area (Å²) in [4.78, 5) is 16.3. The van der Waals surface area contributed by atoms with Crippen LogP contribution in [0.5, 0.6) is 5.75 Å². The van der Waals surface area contributed by atoms with Gasteiger partial charge in [-0.2, -0.15) is 0 Å². The van der Waals surface area contributed by atoms with Gasteiger partial charge in [-0.3, -0.25) is 4.79 Å². The van der Waals surface area contributed by atoms with Gasteiger partial charge in [-0.15, -0.1) is 0 Å². The number of nitrogens with zero attached hydrogens (tertiary/aromatic N) is 2. The molecule has 5 nitrogen and oxygen atoms in total. The Morgan fingerprint density at radius 1 is 1.33 bits per heavy atom. The normalized spacial score (nSPS) is 19.6. The van der Waals surface area contributed by atoms with Gasteiger partial charge < -0.3 is 19.6 Å². The molecular formula is C16H24N2O3. The van der Waals surface area contributed by atoms with E-state index in [0.717, 1.165) is 17.8 Å². The van der Waals surface area contributed by atoms with E-state index >= 15 is 0 Å². The molecule has 1 aromatic carbocycles. The quantitative estimate of drug-likeness (QED) is 0.923. The monoisotopic (exact) mass is 292 g/mol. The first kappa shape index (κ1) is 15.6. The van der Waals surface area contributed by atoms with E-state index in [2.05, 4.69) is 4.90 Å². The minimum atomic E-state index is -0.665. The Morgan fingerprint density at radius 2 is 2.00 bits per heavy atom. The largest absolute Gasteiger partial charge is 0.496 e. The van der Waals surface area contributed by atoms with Crippen molar-refractivity contribution in [3.05, 3.63) is 23.8 Å². The van der Waals surface area contributed by atoms with Crippen molar-refractivity contribution in [2.75, 3.05) is 32.1 Å². The number of hydrogen-bond donors (Lipinski definition) is 1. The molecular weight excluding hydrogens is 268 g/mol. The lowest BCUT2D eigenvalue weighted by atomic mass is 9.94. The van der Waals surface area contributed by atoms with Crippen molar-refractivity contribution in [3.63, 3.8) is 0 Å². The highest BCUT2D eigenvalue weighted by Gasteiger charge is 2.41. The number of hydrogen-bond acceptors (Lipinski definition) is 4. The molecule has 1 N–H and O–H groups in total. The molecule has 0 radical (unpaired) electrons. The SMILES string of the molecule is COc1cccc(N2CCN(C)C(=O)C2(C)C)c1[C@H](C)O. The van der Waals surface area contributed by atoms with Crippen molar-refractivity contribution in [2.24, 2.45) is 0 Å². The number of carbonyl (C=O) groups excluding carboxylic acids is 1. The standard InChI is InChI=1S/C16H24N2O3/c1-11(19)14-12(7-6-8-13(14)21-5)18-10-9-17(4)15(20)16(18,2)3/h6-8,11,19H,9-10H2,1-5H3/t11-/m0/s1. The van der Waals surface area contributed by atoms with Crippen LogP contribution in [0.2, 0.25) is 0 Å². The third-order valence-electron chi connectivity index (χ3n) is 4.18. The molecule has 116 valence electrons. The molecule has 1 saturated heterocycles. The van der Waals surface area contributed by atoms with Crippen molar-refractivity contribution in [3.8, 4) is 5.75 Å². The van der Waals surface area contributed by atoms with Crippen molar-refractivity contribution < 1.29 is 14.6 Å². The molecule has 1 heterocycles. The van der Waals surface area contributed by atoms with Crippen LogP contribution in [0.25, 0.3) is 0 Å². The van der Waals surface area contributed by atoms with Gasteiger partial charge in [0, 0.05) is 31.4 Å². The summed E-state index contributed by atoms with van der Waals surface area (Å²) in [5, 5.41) is 10.1. The average molecular weight is 292 g/mol. The maximum atomic E-state index is 12.5.